The van der Waals surface area contributed by atoms with Crippen LogP contribution in [0.2, 0.25) is 0 Å². The molecule has 1 aromatic heterocycles. The second-order valence-electron chi connectivity index (χ2n) is 7.87. The Morgan fingerprint density at radius 1 is 1.03 bits per heavy atom. The predicted octanol–water partition coefficient (Wildman–Crippen LogP) is 5.08. The number of benzene rings is 2. The average molecular weight is 466 g/mol. The first-order chi connectivity index (χ1) is 16.1. The van der Waals surface area contributed by atoms with Gasteiger partial charge in [-0.1, -0.05) is 30.3 Å². The van der Waals surface area contributed by atoms with E-state index in [1.165, 1.54) is 24.0 Å². The molecule has 1 aliphatic rings. The molecule has 0 bridgehead atoms. The van der Waals surface area contributed by atoms with Gasteiger partial charge < -0.3 is 19.5 Å². The van der Waals surface area contributed by atoms with Crippen LogP contribution in [0.25, 0.3) is 0 Å². The van der Waals surface area contributed by atoms with Crippen LogP contribution in [-0.2, 0) is 22.3 Å². The zero-order valence-electron chi connectivity index (χ0n) is 18.8. The van der Waals surface area contributed by atoms with Gasteiger partial charge in [0.1, 0.15) is 17.4 Å². The van der Waals surface area contributed by atoms with Crippen molar-refractivity contribution in [3.8, 4) is 5.75 Å². The molecule has 1 atom stereocenters. The Balaban J connectivity index is 1.53. The van der Waals surface area contributed by atoms with Crippen molar-refractivity contribution in [2.24, 2.45) is 0 Å². The van der Waals surface area contributed by atoms with Crippen molar-refractivity contribution in [1.82, 2.24) is 0 Å². The highest BCUT2D eigenvalue weighted by Crippen LogP contribution is 2.42. The van der Waals surface area contributed by atoms with Crippen molar-refractivity contribution in [3.63, 3.8) is 0 Å². The number of methoxy groups -OCH3 is 2. The third-order valence-corrected chi connectivity index (χ3v) is 7.00. The summed E-state index contributed by atoms with van der Waals surface area (Å²) in [4.78, 5) is 26.7. The van der Waals surface area contributed by atoms with Gasteiger partial charge in [0.2, 0.25) is 0 Å². The minimum absolute atomic E-state index is 0.276. The largest absolute Gasteiger partial charge is 0.491 e. The molecular weight excluding hydrogens is 438 g/mol. The lowest BCUT2D eigenvalue weighted by atomic mass is 9.83. The van der Waals surface area contributed by atoms with E-state index in [4.69, 9.17) is 14.2 Å². The number of rotatable bonds is 8. The zero-order valence-corrected chi connectivity index (χ0v) is 19.6. The van der Waals surface area contributed by atoms with Crippen molar-refractivity contribution < 1.29 is 23.8 Å². The molecule has 6 nitrogen and oxygen atoms in total. The molecule has 0 saturated carbocycles. The van der Waals surface area contributed by atoms with E-state index in [1.807, 2.05) is 6.07 Å². The molecule has 172 valence electrons. The molecular formula is C26H27NO5S. The van der Waals surface area contributed by atoms with Crippen LogP contribution in [0.5, 0.6) is 5.75 Å². The molecule has 0 fully saturated rings. The molecule has 1 aliphatic carbocycles. The highest BCUT2D eigenvalue weighted by Gasteiger charge is 2.30. The first kappa shape index (κ1) is 23.0. The maximum absolute atomic E-state index is 12.9. The predicted molar refractivity (Wildman–Crippen MR) is 129 cm³/mol. The number of nitrogens with one attached hydrogen (secondary N) is 1. The van der Waals surface area contributed by atoms with Crippen molar-refractivity contribution in [1.29, 1.82) is 0 Å². The summed E-state index contributed by atoms with van der Waals surface area (Å²) in [6.07, 6.45) is 2.58. The topological polar surface area (TPSA) is 73.9 Å². The van der Waals surface area contributed by atoms with Crippen molar-refractivity contribution in [3.05, 3.63) is 81.7 Å². The Bertz CT molecular complexity index is 1110. The summed E-state index contributed by atoms with van der Waals surface area (Å²) >= 11 is 1.47. The summed E-state index contributed by atoms with van der Waals surface area (Å²) in [7, 11) is 2.99. The summed E-state index contributed by atoms with van der Waals surface area (Å²) in [6, 6.07) is 17.3. The van der Waals surface area contributed by atoms with Crippen molar-refractivity contribution in [2.45, 2.75) is 25.2 Å². The Hall–Kier alpha value is -3.16. The van der Waals surface area contributed by atoms with E-state index in [9.17, 15) is 9.59 Å². The number of esters is 1. The SMILES string of the molecule is COCCOc1ccc(C(=O)Nc2sc3c(c2C(=O)OC)CCC(c2ccccc2)C3)cc1. The van der Waals surface area contributed by atoms with Gasteiger partial charge in [0.05, 0.1) is 19.3 Å². The maximum atomic E-state index is 12.9. The number of carbonyl (C=O) groups excluding carboxylic acids is 2. The standard InChI is InChI=1S/C26H27NO5S/c1-30-14-15-32-20-11-8-18(9-12-20)24(28)27-25-23(26(29)31-2)21-13-10-19(16-22(21)33-25)17-6-4-3-5-7-17/h3-9,11-12,19H,10,13-16H2,1-2H3,(H,27,28). The van der Waals surface area contributed by atoms with Gasteiger partial charge >= 0.3 is 5.97 Å². The van der Waals surface area contributed by atoms with E-state index < -0.39 is 5.97 Å². The van der Waals surface area contributed by atoms with E-state index in [1.54, 1.807) is 31.4 Å². The van der Waals surface area contributed by atoms with E-state index >= 15 is 0 Å². The third kappa shape index (κ3) is 5.26. The summed E-state index contributed by atoms with van der Waals surface area (Å²) in [5.74, 6) is 0.374. The van der Waals surface area contributed by atoms with Crippen LogP contribution in [0, 0.1) is 0 Å². The lowest BCUT2D eigenvalue weighted by Crippen LogP contribution is -2.16. The molecule has 1 unspecified atom stereocenters. The molecule has 0 radical (unpaired) electrons. The molecule has 4 rings (SSSR count). The molecule has 7 heteroatoms. The van der Waals surface area contributed by atoms with Crippen LogP contribution in [-0.4, -0.2) is 39.3 Å². The van der Waals surface area contributed by atoms with Gasteiger partial charge in [0, 0.05) is 17.6 Å². The first-order valence-electron chi connectivity index (χ1n) is 10.9. The van der Waals surface area contributed by atoms with Crippen LogP contribution in [0.4, 0.5) is 5.00 Å². The molecule has 1 heterocycles. The third-order valence-electron chi connectivity index (χ3n) is 5.83. The van der Waals surface area contributed by atoms with Gasteiger partial charge in [-0.05, 0) is 60.6 Å². The lowest BCUT2D eigenvalue weighted by Gasteiger charge is -2.22. The van der Waals surface area contributed by atoms with Crippen LogP contribution in [0.15, 0.2) is 54.6 Å². The second kappa shape index (κ2) is 10.6. The van der Waals surface area contributed by atoms with Gasteiger partial charge in [0.25, 0.3) is 5.91 Å². The number of hydrogen-bond donors (Lipinski definition) is 1. The molecule has 2 aromatic carbocycles. The summed E-state index contributed by atoms with van der Waals surface area (Å²) in [5.41, 5.74) is 3.26. The first-order valence-corrected chi connectivity index (χ1v) is 11.7. The highest BCUT2D eigenvalue weighted by molar-refractivity contribution is 7.17. The number of amides is 1. The van der Waals surface area contributed by atoms with E-state index in [0.29, 0.717) is 41.0 Å². The smallest absolute Gasteiger partial charge is 0.341 e. The Morgan fingerprint density at radius 2 is 1.79 bits per heavy atom. The van der Waals surface area contributed by atoms with Crippen LogP contribution in [0.1, 0.15) is 49.1 Å². The quantitative estimate of drug-likeness (QED) is 0.371. The molecule has 1 N–H and O–H groups in total. The highest BCUT2D eigenvalue weighted by atomic mass is 32.1. The minimum atomic E-state index is -0.414. The van der Waals surface area contributed by atoms with E-state index in [2.05, 4.69) is 29.6 Å². The van der Waals surface area contributed by atoms with Gasteiger partial charge in [-0.25, -0.2) is 4.79 Å². The number of thiophene rings is 1. The molecule has 0 saturated heterocycles. The zero-order chi connectivity index (χ0) is 23.2. The summed E-state index contributed by atoms with van der Waals surface area (Å²) in [5, 5.41) is 3.49. The fourth-order valence-corrected chi connectivity index (χ4v) is 5.43. The van der Waals surface area contributed by atoms with Gasteiger partial charge in [-0.15, -0.1) is 11.3 Å². The molecule has 3 aromatic rings. The maximum Gasteiger partial charge on any atom is 0.341 e. The number of carbonyl (C=O) groups is 2. The van der Waals surface area contributed by atoms with Crippen LogP contribution >= 0.6 is 11.3 Å². The monoisotopic (exact) mass is 465 g/mol. The minimum Gasteiger partial charge on any atom is -0.491 e. The molecule has 33 heavy (non-hydrogen) atoms. The van der Waals surface area contributed by atoms with Gasteiger partial charge in [-0.2, -0.15) is 0 Å². The summed E-state index contributed by atoms with van der Waals surface area (Å²) in [6.45, 7) is 0.933. The van der Waals surface area contributed by atoms with E-state index in [-0.39, 0.29) is 5.91 Å². The Labute approximate surface area is 197 Å². The number of anilines is 1. The Morgan fingerprint density at radius 3 is 2.48 bits per heavy atom. The Kier molecular flexibility index (Phi) is 7.42. The van der Waals surface area contributed by atoms with E-state index in [0.717, 1.165) is 29.7 Å². The molecule has 1 amide bonds. The molecule has 0 aliphatic heterocycles. The van der Waals surface area contributed by atoms with Crippen molar-refractivity contribution in [2.75, 3.05) is 32.8 Å². The fraction of sp³-hybridized carbons (Fsp3) is 0.308. The number of ether oxygens (including phenoxy) is 3. The van der Waals surface area contributed by atoms with Gasteiger partial charge in [0.15, 0.2) is 0 Å². The lowest BCUT2D eigenvalue weighted by molar-refractivity contribution is 0.0601. The van der Waals surface area contributed by atoms with Crippen molar-refractivity contribution >= 4 is 28.2 Å². The number of fused-ring (bicyclic) bond motifs is 1. The van der Waals surface area contributed by atoms with Crippen LogP contribution in [0.3, 0.4) is 0 Å². The number of hydrogen-bond acceptors (Lipinski definition) is 6. The average Bonchev–Trinajstić information content (AvgIpc) is 3.21. The fourth-order valence-electron chi connectivity index (χ4n) is 4.12. The van der Waals surface area contributed by atoms with Gasteiger partial charge in [-0.3, -0.25) is 4.79 Å². The summed E-state index contributed by atoms with van der Waals surface area (Å²) < 4.78 is 15.6. The second-order valence-corrected chi connectivity index (χ2v) is 8.97. The normalized spacial score (nSPS) is 14.9. The van der Waals surface area contributed by atoms with Crippen LogP contribution < -0.4 is 10.1 Å². The molecule has 0 spiro atoms.